The quantitative estimate of drug-likeness (QED) is 0.299. The Labute approximate surface area is 154 Å². The molecule has 2 heterocycles. The number of aliphatic carboxylic acids is 1. The van der Waals surface area contributed by atoms with Crippen molar-refractivity contribution in [3.05, 3.63) is 35.9 Å². The average Bonchev–Trinajstić information content (AvgIpc) is 2.86. The van der Waals surface area contributed by atoms with Crippen LogP contribution in [0.5, 0.6) is 0 Å². The third-order valence-electron chi connectivity index (χ3n) is 4.52. The lowest BCUT2D eigenvalue weighted by Gasteiger charge is -2.43. The molecule has 26 heavy (non-hydrogen) atoms. The van der Waals surface area contributed by atoms with E-state index in [9.17, 15) is 19.5 Å². The van der Waals surface area contributed by atoms with Gasteiger partial charge in [0.25, 0.3) is 5.91 Å². The molecule has 4 atom stereocenters. The summed E-state index contributed by atoms with van der Waals surface area (Å²) in [6.45, 7) is 3.55. The van der Waals surface area contributed by atoms with Gasteiger partial charge in [-0.05, 0) is 19.4 Å². The van der Waals surface area contributed by atoms with Crippen LogP contribution in [0.2, 0.25) is 0 Å². The third kappa shape index (κ3) is 2.90. The number of thioether (sulfide) groups is 1. The van der Waals surface area contributed by atoms with Crippen LogP contribution in [-0.2, 0) is 14.4 Å². The second-order valence-electron chi connectivity index (χ2n) is 6.63. The molecule has 2 saturated heterocycles. The molecule has 2 amide bonds. The number of rotatable bonds is 5. The molecule has 0 aliphatic carbocycles. The second kappa shape index (κ2) is 6.60. The van der Waals surface area contributed by atoms with Crippen molar-refractivity contribution in [3.8, 4) is 0 Å². The number of carbonyl (C=O) groups is 3. The predicted molar refractivity (Wildman–Crippen MR) is 93.9 cm³/mol. The number of fused-ring (bicyclic) bond motifs is 1. The number of benzene rings is 1. The van der Waals surface area contributed by atoms with Crippen molar-refractivity contribution in [1.29, 1.82) is 0 Å². The van der Waals surface area contributed by atoms with Gasteiger partial charge >= 0.3 is 5.97 Å². The molecular weight excluding hydrogens is 358 g/mol. The number of nitrogens with zero attached hydrogens (tertiary/aromatic N) is 3. The zero-order chi connectivity index (χ0) is 19.1. The summed E-state index contributed by atoms with van der Waals surface area (Å²) in [6.07, 6.45) is 0. The molecule has 0 spiro atoms. The third-order valence-corrected chi connectivity index (χ3v) is 6.09. The summed E-state index contributed by atoms with van der Waals surface area (Å²) in [5, 5.41) is 18.6. The summed E-state index contributed by atoms with van der Waals surface area (Å²) in [5.41, 5.74) is 0.589. The number of β-lactam (4-membered cyclic amide) rings is 1. The van der Waals surface area contributed by atoms with Gasteiger partial charge in [-0.1, -0.05) is 35.6 Å². The van der Waals surface area contributed by atoms with Gasteiger partial charge in [-0.15, -0.1) is 11.8 Å². The van der Waals surface area contributed by atoms with Gasteiger partial charge in [0.05, 0.1) is 0 Å². The Morgan fingerprint density at radius 3 is 2.58 bits per heavy atom. The van der Waals surface area contributed by atoms with Gasteiger partial charge in [0.2, 0.25) is 5.91 Å². The van der Waals surface area contributed by atoms with E-state index in [-0.39, 0.29) is 0 Å². The van der Waals surface area contributed by atoms with Crippen molar-refractivity contribution in [1.82, 2.24) is 10.2 Å². The van der Waals surface area contributed by atoms with Crippen molar-refractivity contribution in [2.75, 3.05) is 0 Å². The van der Waals surface area contributed by atoms with E-state index in [1.165, 1.54) is 16.7 Å². The van der Waals surface area contributed by atoms with E-state index in [1.54, 1.807) is 44.2 Å². The first kappa shape index (κ1) is 18.2. The lowest BCUT2D eigenvalue weighted by atomic mass is 9.95. The van der Waals surface area contributed by atoms with Crippen molar-refractivity contribution >= 4 is 29.5 Å². The molecule has 2 aliphatic rings. The molecule has 9 nitrogen and oxygen atoms in total. The number of carboxylic acids is 1. The highest BCUT2D eigenvalue weighted by Gasteiger charge is 2.64. The van der Waals surface area contributed by atoms with Crippen molar-refractivity contribution in [2.45, 2.75) is 42.1 Å². The van der Waals surface area contributed by atoms with Crippen LogP contribution in [0.15, 0.2) is 40.7 Å². The van der Waals surface area contributed by atoms with Crippen LogP contribution in [0.3, 0.4) is 0 Å². The molecular formula is C16H19N5O4S. The summed E-state index contributed by atoms with van der Waals surface area (Å²) in [4.78, 5) is 37.9. The minimum Gasteiger partial charge on any atom is -0.480 e. The van der Waals surface area contributed by atoms with Gasteiger partial charge in [-0.3, -0.25) is 9.59 Å². The molecule has 10 heteroatoms. The molecule has 0 saturated carbocycles. The molecule has 2 fully saturated rings. The molecule has 1 aromatic carbocycles. The Bertz CT molecular complexity index is 769. The Kier molecular flexibility index (Phi) is 4.61. The van der Waals surface area contributed by atoms with Gasteiger partial charge in [-0.25, -0.2) is 4.79 Å². The smallest absolute Gasteiger partial charge is 0.327 e. The first-order valence-electron chi connectivity index (χ1n) is 7.96. The maximum Gasteiger partial charge on any atom is 0.327 e. The molecule has 4 N–H and O–H groups in total. The average molecular weight is 377 g/mol. The SMILES string of the molecule is CC1(C)S[C@@H]2[C@H](NC(=O)[C@H](N=NN)c3ccccc3)C(=O)N2[C@H]1C(=O)O. The van der Waals surface area contributed by atoms with E-state index in [4.69, 9.17) is 5.84 Å². The summed E-state index contributed by atoms with van der Waals surface area (Å²) < 4.78 is -0.651. The van der Waals surface area contributed by atoms with Gasteiger partial charge in [0.1, 0.15) is 17.5 Å². The summed E-state index contributed by atoms with van der Waals surface area (Å²) in [6, 6.07) is 6.04. The fourth-order valence-electron chi connectivity index (χ4n) is 3.35. The molecule has 0 unspecified atom stereocenters. The normalized spacial score (nSPS) is 27.7. The minimum absolute atomic E-state index is 0.412. The Morgan fingerprint density at radius 2 is 2.00 bits per heavy atom. The Morgan fingerprint density at radius 1 is 1.35 bits per heavy atom. The fraction of sp³-hybridized carbons (Fsp3) is 0.438. The van der Waals surface area contributed by atoms with Crippen LogP contribution in [0, 0.1) is 0 Å². The highest BCUT2D eigenvalue weighted by Crippen LogP contribution is 2.50. The van der Waals surface area contributed by atoms with Gasteiger partial charge < -0.3 is 21.2 Å². The van der Waals surface area contributed by atoms with Crippen LogP contribution in [0.25, 0.3) is 0 Å². The maximum atomic E-state index is 12.6. The van der Waals surface area contributed by atoms with E-state index < -0.39 is 46.0 Å². The fourth-order valence-corrected chi connectivity index (χ4v) is 4.98. The minimum atomic E-state index is -1.05. The van der Waals surface area contributed by atoms with Gasteiger partial charge in [0.15, 0.2) is 6.04 Å². The number of hydrogen-bond acceptors (Lipinski definition) is 6. The van der Waals surface area contributed by atoms with Crippen molar-refractivity contribution < 1.29 is 19.5 Å². The van der Waals surface area contributed by atoms with Gasteiger partial charge in [-0.2, -0.15) is 5.11 Å². The van der Waals surface area contributed by atoms with Crippen LogP contribution in [0.1, 0.15) is 25.5 Å². The molecule has 3 rings (SSSR count). The number of carboxylic acid groups (broad SMARTS) is 1. The van der Waals surface area contributed by atoms with E-state index in [0.29, 0.717) is 5.56 Å². The highest BCUT2D eigenvalue weighted by molar-refractivity contribution is 8.01. The molecule has 0 aromatic heterocycles. The zero-order valence-corrected chi connectivity index (χ0v) is 15.0. The van der Waals surface area contributed by atoms with Crippen LogP contribution in [-0.4, -0.2) is 50.0 Å². The largest absolute Gasteiger partial charge is 0.480 e. The van der Waals surface area contributed by atoms with Gasteiger partial charge in [0, 0.05) is 4.75 Å². The Balaban J connectivity index is 1.77. The predicted octanol–water partition coefficient (Wildman–Crippen LogP) is 0.685. The summed E-state index contributed by atoms with van der Waals surface area (Å²) in [7, 11) is 0. The second-order valence-corrected chi connectivity index (χ2v) is 8.40. The molecule has 138 valence electrons. The lowest BCUT2D eigenvalue weighted by molar-refractivity contribution is -0.161. The summed E-state index contributed by atoms with van der Waals surface area (Å²) in [5.74, 6) is 3.14. The number of hydrogen-bond donors (Lipinski definition) is 3. The standard InChI is InChI=1S/C16H19N5O4S/c1-16(2)11(15(24)25)21-13(23)10(14(21)26-16)18-12(22)9(19-20-17)8-6-4-3-5-7-8/h3-7,9-11,14H,1-2H3,(H2,17,19)(H,18,22)(H,24,25)/t9-,10-,11+,14-/m1/s1. The van der Waals surface area contributed by atoms with Crippen LogP contribution < -0.4 is 11.2 Å². The van der Waals surface area contributed by atoms with E-state index in [0.717, 1.165) is 0 Å². The first-order valence-corrected chi connectivity index (χ1v) is 8.84. The Hall–Kier alpha value is -2.62. The lowest BCUT2D eigenvalue weighted by Crippen LogP contribution is -2.70. The highest BCUT2D eigenvalue weighted by atomic mass is 32.2. The topological polar surface area (TPSA) is 137 Å². The maximum absolute atomic E-state index is 12.6. The number of nitrogens with two attached hydrogens (primary N) is 1. The van der Waals surface area contributed by atoms with E-state index >= 15 is 0 Å². The number of nitrogens with one attached hydrogen (secondary N) is 1. The monoisotopic (exact) mass is 377 g/mol. The zero-order valence-electron chi connectivity index (χ0n) is 14.2. The molecule has 1 aromatic rings. The molecule has 0 bridgehead atoms. The molecule has 2 aliphatic heterocycles. The van der Waals surface area contributed by atoms with Crippen molar-refractivity contribution in [2.24, 2.45) is 16.2 Å². The number of carbonyl (C=O) groups excluding carboxylic acids is 2. The van der Waals surface area contributed by atoms with Crippen molar-refractivity contribution in [3.63, 3.8) is 0 Å². The number of amides is 2. The van der Waals surface area contributed by atoms with E-state index in [1.807, 2.05) is 0 Å². The van der Waals surface area contributed by atoms with Crippen LogP contribution in [0.4, 0.5) is 0 Å². The molecule has 0 radical (unpaired) electrons. The van der Waals surface area contributed by atoms with Crippen LogP contribution >= 0.6 is 11.8 Å². The first-order chi connectivity index (χ1) is 12.3. The van der Waals surface area contributed by atoms with E-state index in [2.05, 4.69) is 15.7 Å². The summed E-state index contributed by atoms with van der Waals surface area (Å²) >= 11 is 1.36.